The van der Waals surface area contributed by atoms with Gasteiger partial charge < -0.3 is 14.6 Å². The van der Waals surface area contributed by atoms with Crippen LogP contribution in [0.25, 0.3) is 0 Å². The number of phenolic OH excluding ortho intramolecular Hbond substituents is 1. The molecule has 1 atom stereocenters. The van der Waals surface area contributed by atoms with Gasteiger partial charge in [-0.3, -0.25) is 4.90 Å². The molecule has 2 rings (SSSR count). The van der Waals surface area contributed by atoms with Crippen LogP contribution in [0.15, 0.2) is 12.1 Å². The van der Waals surface area contributed by atoms with E-state index >= 15 is 0 Å². The zero-order valence-corrected chi connectivity index (χ0v) is 12.0. The van der Waals surface area contributed by atoms with Crippen molar-refractivity contribution in [2.45, 2.75) is 26.3 Å². The first kappa shape index (κ1) is 14.0. The van der Waals surface area contributed by atoms with Crippen LogP contribution in [0.5, 0.6) is 17.2 Å². The van der Waals surface area contributed by atoms with Gasteiger partial charge in [-0.25, -0.2) is 0 Å². The fraction of sp³-hybridized carbons (Fsp3) is 0.600. The third-order valence-corrected chi connectivity index (χ3v) is 3.89. The Labute approximate surface area is 114 Å². The van der Waals surface area contributed by atoms with E-state index < -0.39 is 0 Å². The van der Waals surface area contributed by atoms with E-state index in [2.05, 4.69) is 11.8 Å². The minimum absolute atomic E-state index is 0.0709. The molecule has 0 bridgehead atoms. The van der Waals surface area contributed by atoms with E-state index in [4.69, 9.17) is 9.47 Å². The number of likely N-dealkylation sites (tertiary alicyclic amines) is 1. The molecule has 0 spiro atoms. The number of aromatic hydroxyl groups is 1. The minimum Gasteiger partial charge on any atom is -0.502 e. The lowest BCUT2D eigenvalue weighted by Crippen LogP contribution is -2.20. The SMILES string of the molecule is CCC1CCN(Cc2cc(OC)c(O)c(OC)c2)C1. The Morgan fingerprint density at radius 2 is 1.89 bits per heavy atom. The number of hydrogen-bond donors (Lipinski definition) is 1. The number of nitrogens with zero attached hydrogens (tertiary/aromatic N) is 1. The van der Waals surface area contributed by atoms with Crippen LogP contribution in [0, 0.1) is 5.92 Å². The van der Waals surface area contributed by atoms with E-state index in [1.54, 1.807) is 14.2 Å². The van der Waals surface area contributed by atoms with Gasteiger partial charge in [-0.05, 0) is 36.6 Å². The van der Waals surface area contributed by atoms with E-state index in [1.165, 1.54) is 12.8 Å². The van der Waals surface area contributed by atoms with Crippen molar-refractivity contribution in [1.29, 1.82) is 0 Å². The van der Waals surface area contributed by atoms with Gasteiger partial charge in [0.1, 0.15) is 0 Å². The maximum Gasteiger partial charge on any atom is 0.200 e. The molecule has 1 N–H and O–H groups in total. The summed E-state index contributed by atoms with van der Waals surface area (Å²) in [4.78, 5) is 2.44. The topological polar surface area (TPSA) is 41.9 Å². The van der Waals surface area contributed by atoms with Gasteiger partial charge in [-0.2, -0.15) is 0 Å². The molecule has 1 fully saturated rings. The molecule has 1 saturated heterocycles. The molecule has 106 valence electrons. The lowest BCUT2D eigenvalue weighted by atomic mass is 10.1. The summed E-state index contributed by atoms with van der Waals surface area (Å²) in [5.74, 6) is 1.84. The molecule has 1 aromatic carbocycles. The first-order valence-electron chi connectivity index (χ1n) is 6.84. The maximum absolute atomic E-state index is 9.89. The number of benzene rings is 1. The summed E-state index contributed by atoms with van der Waals surface area (Å²) in [5, 5.41) is 9.89. The lowest BCUT2D eigenvalue weighted by molar-refractivity contribution is 0.309. The average Bonchev–Trinajstić information content (AvgIpc) is 2.88. The van der Waals surface area contributed by atoms with Crippen molar-refractivity contribution in [2.75, 3.05) is 27.3 Å². The van der Waals surface area contributed by atoms with Crippen molar-refractivity contribution < 1.29 is 14.6 Å². The molecule has 0 amide bonds. The van der Waals surface area contributed by atoms with Crippen molar-refractivity contribution in [3.05, 3.63) is 17.7 Å². The molecule has 4 nitrogen and oxygen atoms in total. The van der Waals surface area contributed by atoms with Crippen LogP contribution in [-0.4, -0.2) is 37.3 Å². The fourth-order valence-corrected chi connectivity index (χ4v) is 2.69. The number of methoxy groups -OCH3 is 2. The summed E-state index contributed by atoms with van der Waals surface area (Å²) in [5.41, 5.74) is 1.11. The van der Waals surface area contributed by atoms with Gasteiger partial charge in [0, 0.05) is 13.1 Å². The van der Waals surface area contributed by atoms with Crippen LogP contribution in [0.2, 0.25) is 0 Å². The van der Waals surface area contributed by atoms with Crippen molar-refractivity contribution >= 4 is 0 Å². The standard InChI is InChI=1S/C15H23NO3/c1-4-11-5-6-16(9-11)10-12-7-13(18-2)15(17)14(8-12)19-3/h7-8,11,17H,4-6,9-10H2,1-3H3. The van der Waals surface area contributed by atoms with Crippen LogP contribution in [0.4, 0.5) is 0 Å². The van der Waals surface area contributed by atoms with Crippen LogP contribution in [-0.2, 0) is 6.54 Å². The molecule has 0 saturated carbocycles. The zero-order valence-electron chi connectivity index (χ0n) is 12.0. The van der Waals surface area contributed by atoms with Crippen LogP contribution < -0.4 is 9.47 Å². The van der Waals surface area contributed by atoms with Gasteiger partial charge in [0.15, 0.2) is 11.5 Å². The van der Waals surface area contributed by atoms with E-state index in [9.17, 15) is 5.11 Å². The molecule has 1 unspecified atom stereocenters. The van der Waals surface area contributed by atoms with E-state index in [1.807, 2.05) is 12.1 Å². The molecule has 1 aliphatic rings. The second-order valence-corrected chi connectivity index (χ2v) is 5.15. The summed E-state index contributed by atoms with van der Waals surface area (Å²) < 4.78 is 10.4. The quantitative estimate of drug-likeness (QED) is 0.888. The molecule has 0 radical (unpaired) electrons. The number of ether oxygens (including phenoxy) is 2. The van der Waals surface area contributed by atoms with Crippen LogP contribution in [0.1, 0.15) is 25.3 Å². The normalized spacial score (nSPS) is 19.6. The fourth-order valence-electron chi connectivity index (χ4n) is 2.69. The lowest BCUT2D eigenvalue weighted by Gasteiger charge is -2.17. The average molecular weight is 265 g/mol. The predicted molar refractivity (Wildman–Crippen MR) is 74.9 cm³/mol. The minimum atomic E-state index is 0.0709. The monoisotopic (exact) mass is 265 g/mol. The third-order valence-electron chi connectivity index (χ3n) is 3.89. The first-order chi connectivity index (χ1) is 9.17. The smallest absolute Gasteiger partial charge is 0.200 e. The summed E-state index contributed by atoms with van der Waals surface area (Å²) in [6, 6.07) is 3.77. The van der Waals surface area contributed by atoms with E-state index in [0.717, 1.165) is 31.1 Å². The Morgan fingerprint density at radius 1 is 1.26 bits per heavy atom. The van der Waals surface area contributed by atoms with Gasteiger partial charge in [0.2, 0.25) is 5.75 Å². The van der Waals surface area contributed by atoms with Gasteiger partial charge in [0.25, 0.3) is 0 Å². The second kappa shape index (κ2) is 6.15. The summed E-state index contributed by atoms with van der Waals surface area (Å²) in [7, 11) is 3.11. The molecule has 0 aromatic heterocycles. The Bertz CT molecular complexity index is 408. The summed E-state index contributed by atoms with van der Waals surface area (Å²) in [6.45, 7) is 5.43. The highest BCUT2D eigenvalue weighted by molar-refractivity contribution is 5.52. The van der Waals surface area contributed by atoms with E-state index in [-0.39, 0.29) is 5.75 Å². The van der Waals surface area contributed by atoms with E-state index in [0.29, 0.717) is 11.5 Å². The maximum atomic E-state index is 9.89. The highest BCUT2D eigenvalue weighted by Gasteiger charge is 2.21. The molecule has 4 heteroatoms. The van der Waals surface area contributed by atoms with Crippen molar-refractivity contribution in [3.8, 4) is 17.2 Å². The predicted octanol–water partition coefficient (Wildman–Crippen LogP) is 2.64. The highest BCUT2D eigenvalue weighted by Crippen LogP contribution is 2.37. The van der Waals surface area contributed by atoms with Crippen LogP contribution in [0.3, 0.4) is 0 Å². The third kappa shape index (κ3) is 3.13. The zero-order chi connectivity index (χ0) is 13.8. The molecule has 0 aliphatic carbocycles. The van der Waals surface area contributed by atoms with Gasteiger partial charge in [-0.1, -0.05) is 13.3 Å². The number of rotatable bonds is 5. The van der Waals surface area contributed by atoms with Crippen molar-refractivity contribution in [1.82, 2.24) is 4.90 Å². The molecular formula is C15H23NO3. The van der Waals surface area contributed by atoms with Gasteiger partial charge >= 0.3 is 0 Å². The van der Waals surface area contributed by atoms with Gasteiger partial charge in [0.05, 0.1) is 14.2 Å². The molecule has 1 aliphatic heterocycles. The first-order valence-corrected chi connectivity index (χ1v) is 6.84. The summed E-state index contributed by atoms with van der Waals surface area (Å²) in [6.07, 6.45) is 2.53. The van der Waals surface area contributed by atoms with Crippen molar-refractivity contribution in [2.24, 2.45) is 5.92 Å². The molecule has 1 aromatic rings. The Morgan fingerprint density at radius 3 is 2.37 bits per heavy atom. The Hall–Kier alpha value is -1.42. The number of phenols is 1. The highest BCUT2D eigenvalue weighted by atomic mass is 16.5. The molecular weight excluding hydrogens is 242 g/mol. The number of hydrogen-bond acceptors (Lipinski definition) is 4. The Balaban J connectivity index is 2.12. The van der Waals surface area contributed by atoms with Crippen molar-refractivity contribution in [3.63, 3.8) is 0 Å². The summed E-state index contributed by atoms with van der Waals surface area (Å²) >= 11 is 0. The van der Waals surface area contributed by atoms with Gasteiger partial charge in [-0.15, -0.1) is 0 Å². The second-order valence-electron chi connectivity index (χ2n) is 5.15. The molecule has 19 heavy (non-hydrogen) atoms. The molecule has 1 heterocycles. The Kier molecular flexibility index (Phi) is 4.53. The largest absolute Gasteiger partial charge is 0.502 e. The van der Waals surface area contributed by atoms with Crippen LogP contribution >= 0.6 is 0 Å².